The van der Waals surface area contributed by atoms with Gasteiger partial charge >= 0.3 is 0 Å². The highest BCUT2D eigenvalue weighted by Gasteiger charge is 2.28. The van der Waals surface area contributed by atoms with Crippen molar-refractivity contribution in [2.75, 3.05) is 13.7 Å². The van der Waals surface area contributed by atoms with Crippen LogP contribution in [0.5, 0.6) is 0 Å². The highest BCUT2D eigenvalue weighted by Crippen LogP contribution is 2.09. The molecule has 1 fully saturated rings. The third-order valence-corrected chi connectivity index (χ3v) is 1.60. The molecule has 2 N–H and O–H groups in total. The molecular weight excluding hydrogens is 151 g/mol. The van der Waals surface area contributed by atoms with E-state index < -0.39 is 12.2 Å². The van der Waals surface area contributed by atoms with E-state index in [1.807, 2.05) is 0 Å². The van der Waals surface area contributed by atoms with Crippen LogP contribution in [-0.2, 0) is 9.63 Å². The smallest absolute Gasteiger partial charge is 0.260 e. The fraction of sp³-hybridized carbons (Fsp3) is 0.833. The van der Waals surface area contributed by atoms with E-state index in [-0.39, 0.29) is 18.9 Å². The monoisotopic (exact) mass is 162 g/mol. The summed E-state index contributed by atoms with van der Waals surface area (Å²) in [6.07, 6.45) is -0.683. The number of alkyl halides is 1. The average molecular weight is 162 g/mol. The van der Waals surface area contributed by atoms with Gasteiger partial charge in [0.05, 0.1) is 13.2 Å². The second-order valence-corrected chi connectivity index (χ2v) is 2.46. The zero-order valence-electron chi connectivity index (χ0n) is 6.26. The second kappa shape index (κ2) is 3.64. The van der Waals surface area contributed by atoms with E-state index in [2.05, 4.69) is 15.6 Å². The standard InChI is InChI=1S/C6H11FN2O2/c1-11-9-6(10)5-2-4(7)3-8-5/h4-5,8H,2-3H2,1H3,(H,9,10)/t4-,5+/m0/s1. The van der Waals surface area contributed by atoms with Gasteiger partial charge in [-0.25, -0.2) is 9.87 Å². The number of amides is 1. The molecule has 1 saturated heterocycles. The van der Waals surface area contributed by atoms with Crippen LogP contribution in [0.1, 0.15) is 6.42 Å². The van der Waals surface area contributed by atoms with E-state index in [1.54, 1.807) is 0 Å². The van der Waals surface area contributed by atoms with E-state index >= 15 is 0 Å². The Hall–Kier alpha value is -0.680. The summed E-state index contributed by atoms with van der Waals surface area (Å²) in [6, 6.07) is -0.440. The quantitative estimate of drug-likeness (QED) is 0.531. The molecule has 1 aliphatic heterocycles. The van der Waals surface area contributed by atoms with Gasteiger partial charge in [0.2, 0.25) is 0 Å². The van der Waals surface area contributed by atoms with Crippen molar-refractivity contribution in [3.05, 3.63) is 0 Å². The molecule has 2 atom stereocenters. The molecule has 1 aliphatic rings. The van der Waals surface area contributed by atoms with Crippen LogP contribution in [0.25, 0.3) is 0 Å². The van der Waals surface area contributed by atoms with Crippen molar-refractivity contribution in [2.45, 2.75) is 18.6 Å². The van der Waals surface area contributed by atoms with Crippen LogP contribution in [-0.4, -0.2) is 31.8 Å². The van der Waals surface area contributed by atoms with Crippen LogP contribution in [0, 0.1) is 0 Å². The first kappa shape index (κ1) is 8.42. The van der Waals surface area contributed by atoms with Crippen LogP contribution in [0.4, 0.5) is 4.39 Å². The second-order valence-electron chi connectivity index (χ2n) is 2.46. The van der Waals surface area contributed by atoms with Crippen molar-refractivity contribution < 1.29 is 14.0 Å². The first-order valence-corrected chi connectivity index (χ1v) is 3.44. The summed E-state index contributed by atoms with van der Waals surface area (Å²) in [5, 5.41) is 2.72. The molecule has 1 amide bonds. The molecule has 0 saturated carbocycles. The van der Waals surface area contributed by atoms with Gasteiger partial charge in [-0.05, 0) is 0 Å². The molecule has 0 bridgehead atoms. The third kappa shape index (κ3) is 2.13. The maximum atomic E-state index is 12.5. The molecule has 1 heterocycles. The van der Waals surface area contributed by atoms with Gasteiger partial charge in [-0.3, -0.25) is 9.63 Å². The minimum atomic E-state index is -0.914. The number of carbonyl (C=O) groups is 1. The molecule has 0 aromatic heterocycles. The number of hydroxylamine groups is 1. The van der Waals surface area contributed by atoms with Gasteiger partial charge < -0.3 is 5.32 Å². The molecule has 0 spiro atoms. The van der Waals surface area contributed by atoms with Gasteiger partial charge in [0.25, 0.3) is 5.91 Å². The zero-order chi connectivity index (χ0) is 8.27. The summed E-state index contributed by atoms with van der Waals surface area (Å²) in [6.45, 7) is 0.252. The van der Waals surface area contributed by atoms with Crippen LogP contribution in [0.3, 0.4) is 0 Å². The summed E-state index contributed by atoms with van der Waals surface area (Å²) >= 11 is 0. The Kier molecular flexibility index (Phi) is 2.78. The molecule has 0 aromatic rings. The van der Waals surface area contributed by atoms with Crippen molar-refractivity contribution in [2.24, 2.45) is 0 Å². The van der Waals surface area contributed by atoms with Gasteiger partial charge in [-0.1, -0.05) is 0 Å². The lowest BCUT2D eigenvalue weighted by Gasteiger charge is -2.07. The number of hydrogen-bond acceptors (Lipinski definition) is 3. The van der Waals surface area contributed by atoms with E-state index in [0.29, 0.717) is 0 Å². The fourth-order valence-corrected chi connectivity index (χ4v) is 1.06. The van der Waals surface area contributed by atoms with Gasteiger partial charge in [0.1, 0.15) is 6.17 Å². The van der Waals surface area contributed by atoms with E-state index in [4.69, 9.17) is 0 Å². The lowest BCUT2D eigenvalue weighted by molar-refractivity contribution is -0.133. The minimum Gasteiger partial charge on any atom is -0.303 e. The maximum Gasteiger partial charge on any atom is 0.260 e. The van der Waals surface area contributed by atoms with Crippen molar-refractivity contribution >= 4 is 5.91 Å². The van der Waals surface area contributed by atoms with Gasteiger partial charge in [-0.2, -0.15) is 0 Å². The van der Waals surface area contributed by atoms with E-state index in [9.17, 15) is 9.18 Å². The van der Waals surface area contributed by atoms with Crippen LogP contribution < -0.4 is 10.8 Å². The molecule has 64 valence electrons. The number of halogens is 1. The van der Waals surface area contributed by atoms with Gasteiger partial charge in [-0.15, -0.1) is 0 Å². The molecule has 0 radical (unpaired) electrons. The molecule has 1 rings (SSSR count). The summed E-state index contributed by atoms with van der Waals surface area (Å²) < 4.78 is 12.5. The van der Waals surface area contributed by atoms with Crippen molar-refractivity contribution in [1.82, 2.24) is 10.8 Å². The number of rotatable bonds is 2. The fourth-order valence-electron chi connectivity index (χ4n) is 1.06. The topological polar surface area (TPSA) is 50.4 Å². The molecule has 11 heavy (non-hydrogen) atoms. The molecule has 4 nitrogen and oxygen atoms in total. The largest absolute Gasteiger partial charge is 0.303 e. The summed E-state index contributed by atoms with van der Waals surface area (Å²) in [4.78, 5) is 15.3. The first-order chi connectivity index (χ1) is 5.24. The van der Waals surface area contributed by atoms with E-state index in [1.165, 1.54) is 7.11 Å². The first-order valence-electron chi connectivity index (χ1n) is 3.44. The SMILES string of the molecule is CONC(=O)[C@H]1C[C@H](F)CN1. The summed E-state index contributed by atoms with van der Waals surface area (Å²) in [5.41, 5.74) is 2.14. The van der Waals surface area contributed by atoms with Crippen molar-refractivity contribution in [1.29, 1.82) is 0 Å². The Bertz CT molecular complexity index is 154. The summed E-state index contributed by atoms with van der Waals surface area (Å²) in [7, 11) is 1.35. The maximum absolute atomic E-state index is 12.5. The lowest BCUT2D eigenvalue weighted by Crippen LogP contribution is -2.39. The van der Waals surface area contributed by atoms with Crippen LogP contribution >= 0.6 is 0 Å². The molecule has 0 unspecified atom stereocenters. The van der Waals surface area contributed by atoms with Crippen LogP contribution in [0.15, 0.2) is 0 Å². The number of carbonyl (C=O) groups excluding carboxylic acids is 1. The molecule has 0 aromatic carbocycles. The van der Waals surface area contributed by atoms with Crippen LogP contribution in [0.2, 0.25) is 0 Å². The Balaban J connectivity index is 2.31. The third-order valence-electron chi connectivity index (χ3n) is 1.60. The zero-order valence-corrected chi connectivity index (χ0v) is 6.26. The highest BCUT2D eigenvalue weighted by molar-refractivity contribution is 5.81. The highest BCUT2D eigenvalue weighted by atomic mass is 19.1. The van der Waals surface area contributed by atoms with Crippen molar-refractivity contribution in [3.63, 3.8) is 0 Å². The predicted octanol–water partition coefficient (Wildman–Crippen LogP) is -0.636. The van der Waals surface area contributed by atoms with Gasteiger partial charge in [0, 0.05) is 13.0 Å². The van der Waals surface area contributed by atoms with E-state index in [0.717, 1.165) is 0 Å². The Morgan fingerprint density at radius 1 is 1.82 bits per heavy atom. The van der Waals surface area contributed by atoms with Gasteiger partial charge in [0.15, 0.2) is 0 Å². The predicted molar refractivity (Wildman–Crippen MR) is 36.5 cm³/mol. The minimum absolute atomic E-state index is 0.231. The Morgan fingerprint density at radius 3 is 3.00 bits per heavy atom. The number of hydrogen-bond donors (Lipinski definition) is 2. The Labute approximate surface area is 64.1 Å². The number of nitrogens with one attached hydrogen (secondary N) is 2. The van der Waals surface area contributed by atoms with Crippen molar-refractivity contribution in [3.8, 4) is 0 Å². The molecule has 5 heteroatoms. The lowest BCUT2D eigenvalue weighted by atomic mass is 10.2. The molecule has 0 aliphatic carbocycles. The Morgan fingerprint density at radius 2 is 2.55 bits per heavy atom. The average Bonchev–Trinajstić information content (AvgIpc) is 2.36. The normalized spacial score (nSPS) is 30.4. The molecular formula is C6H11FN2O2. The summed E-state index contributed by atoms with van der Waals surface area (Å²) in [5.74, 6) is -0.312.